The number of urea groups is 1. The summed E-state index contributed by atoms with van der Waals surface area (Å²) in [6.07, 6.45) is 2.45. The van der Waals surface area contributed by atoms with E-state index in [1.165, 1.54) is 5.01 Å². The van der Waals surface area contributed by atoms with E-state index in [1.54, 1.807) is 12.1 Å². The van der Waals surface area contributed by atoms with Crippen molar-refractivity contribution in [3.8, 4) is 0 Å². The molecule has 0 bridgehead atoms. The smallest absolute Gasteiger partial charge is 0.341 e. The van der Waals surface area contributed by atoms with Crippen molar-refractivity contribution >= 4 is 29.0 Å². The number of hydrogen-bond donors (Lipinski definition) is 2. The molecule has 4 rings (SSSR count). The number of carbonyl (C=O) groups excluding carboxylic acids is 2. The maximum absolute atomic E-state index is 13.2. The number of nitroso groups, excluding NO2 is 1. The van der Waals surface area contributed by atoms with Gasteiger partial charge >= 0.3 is 6.03 Å². The fourth-order valence-corrected chi connectivity index (χ4v) is 4.60. The van der Waals surface area contributed by atoms with Crippen LogP contribution in [0.3, 0.4) is 0 Å². The van der Waals surface area contributed by atoms with E-state index in [9.17, 15) is 14.5 Å². The molecule has 0 unspecified atom stereocenters. The van der Waals surface area contributed by atoms with Crippen LogP contribution < -0.4 is 15.6 Å². The molecule has 0 atom stereocenters. The Labute approximate surface area is 181 Å². The maximum Gasteiger partial charge on any atom is 0.341 e. The van der Waals surface area contributed by atoms with Crippen LogP contribution in [-0.4, -0.2) is 35.6 Å². The van der Waals surface area contributed by atoms with E-state index in [2.05, 4.69) is 27.7 Å². The number of nitrogens with zero attached hydrogens (tertiary/aromatic N) is 3. The SMILES string of the molecule is CCc1cccc(C)c1NC(=O)N1NC(=O)CC12CCN(c1ccc(N=O)cc1)CC2. The van der Waals surface area contributed by atoms with Gasteiger partial charge in [-0.3, -0.25) is 10.2 Å². The van der Waals surface area contributed by atoms with E-state index in [0.717, 1.165) is 28.9 Å². The number of piperidine rings is 1. The summed E-state index contributed by atoms with van der Waals surface area (Å²) in [4.78, 5) is 38.4. The largest absolute Gasteiger partial charge is 0.371 e. The molecule has 2 fully saturated rings. The number of nitrogens with one attached hydrogen (secondary N) is 2. The Morgan fingerprint density at radius 3 is 2.52 bits per heavy atom. The molecule has 2 saturated heterocycles. The van der Waals surface area contributed by atoms with Gasteiger partial charge in [0.15, 0.2) is 0 Å². The van der Waals surface area contributed by atoms with Gasteiger partial charge in [-0.15, -0.1) is 4.91 Å². The predicted octanol–water partition coefficient (Wildman–Crippen LogP) is 4.26. The summed E-state index contributed by atoms with van der Waals surface area (Å²) >= 11 is 0. The number of carbonyl (C=O) groups is 2. The van der Waals surface area contributed by atoms with Gasteiger partial charge in [0.1, 0.15) is 5.69 Å². The molecule has 0 aromatic heterocycles. The molecule has 1 spiro atoms. The van der Waals surface area contributed by atoms with Crippen LogP contribution in [0.5, 0.6) is 0 Å². The molecule has 2 aliphatic rings. The maximum atomic E-state index is 13.2. The highest BCUT2D eigenvalue weighted by Crippen LogP contribution is 2.37. The zero-order valence-electron chi connectivity index (χ0n) is 17.9. The Morgan fingerprint density at radius 1 is 1.16 bits per heavy atom. The number of hydrazine groups is 1. The van der Waals surface area contributed by atoms with Crippen molar-refractivity contribution in [1.29, 1.82) is 0 Å². The van der Waals surface area contributed by atoms with Gasteiger partial charge < -0.3 is 10.2 Å². The molecule has 3 amide bonds. The highest BCUT2D eigenvalue weighted by molar-refractivity contribution is 5.95. The Morgan fingerprint density at radius 2 is 1.87 bits per heavy atom. The van der Waals surface area contributed by atoms with Gasteiger partial charge in [-0.1, -0.05) is 25.1 Å². The lowest BCUT2D eigenvalue weighted by molar-refractivity contribution is -0.120. The second kappa shape index (κ2) is 8.37. The third-order valence-electron chi connectivity index (χ3n) is 6.39. The number of benzene rings is 2. The molecule has 8 heteroatoms. The van der Waals surface area contributed by atoms with Crippen molar-refractivity contribution in [3.05, 3.63) is 58.5 Å². The zero-order valence-corrected chi connectivity index (χ0v) is 17.9. The van der Waals surface area contributed by atoms with Gasteiger partial charge in [0.05, 0.1) is 12.0 Å². The quantitative estimate of drug-likeness (QED) is 0.721. The minimum Gasteiger partial charge on any atom is -0.371 e. The average molecular weight is 422 g/mol. The van der Waals surface area contributed by atoms with Crippen LogP contribution in [0.4, 0.5) is 21.9 Å². The van der Waals surface area contributed by atoms with Crippen LogP contribution in [0.1, 0.15) is 37.3 Å². The number of para-hydroxylation sites is 1. The highest BCUT2D eigenvalue weighted by atomic mass is 16.3. The molecular formula is C23H27N5O3. The Bertz CT molecular complexity index is 997. The van der Waals surface area contributed by atoms with E-state index in [0.29, 0.717) is 38.0 Å². The molecular weight excluding hydrogens is 394 g/mol. The van der Waals surface area contributed by atoms with Crippen LogP contribution in [0.2, 0.25) is 0 Å². The Kier molecular flexibility index (Phi) is 5.63. The summed E-state index contributed by atoms with van der Waals surface area (Å²) in [6.45, 7) is 5.43. The number of anilines is 2. The highest BCUT2D eigenvalue weighted by Gasteiger charge is 2.49. The molecule has 0 radical (unpaired) electrons. The second-order valence-corrected chi connectivity index (χ2v) is 8.26. The molecule has 8 nitrogen and oxygen atoms in total. The first-order valence-electron chi connectivity index (χ1n) is 10.6. The number of aryl methyl sites for hydroxylation is 2. The van der Waals surface area contributed by atoms with Crippen molar-refractivity contribution < 1.29 is 9.59 Å². The molecule has 2 aromatic carbocycles. The van der Waals surface area contributed by atoms with Crippen molar-refractivity contribution in [3.63, 3.8) is 0 Å². The predicted molar refractivity (Wildman–Crippen MR) is 120 cm³/mol. The van der Waals surface area contributed by atoms with E-state index in [-0.39, 0.29) is 11.9 Å². The average Bonchev–Trinajstić information content (AvgIpc) is 3.11. The van der Waals surface area contributed by atoms with E-state index >= 15 is 0 Å². The van der Waals surface area contributed by atoms with Crippen LogP contribution in [0, 0.1) is 11.8 Å². The van der Waals surface area contributed by atoms with Gasteiger partial charge in [0, 0.05) is 24.5 Å². The van der Waals surface area contributed by atoms with Crippen LogP contribution >= 0.6 is 0 Å². The second-order valence-electron chi connectivity index (χ2n) is 8.26. The minimum absolute atomic E-state index is 0.134. The molecule has 2 N–H and O–H groups in total. The van der Waals surface area contributed by atoms with Crippen molar-refractivity contribution in [2.75, 3.05) is 23.3 Å². The van der Waals surface area contributed by atoms with Crippen LogP contribution in [-0.2, 0) is 11.2 Å². The van der Waals surface area contributed by atoms with Gasteiger partial charge in [-0.25, -0.2) is 9.80 Å². The van der Waals surface area contributed by atoms with Gasteiger partial charge in [0.25, 0.3) is 0 Å². The third-order valence-corrected chi connectivity index (χ3v) is 6.39. The summed E-state index contributed by atoms with van der Waals surface area (Å²) in [5.74, 6) is -0.134. The fourth-order valence-electron chi connectivity index (χ4n) is 4.60. The van der Waals surface area contributed by atoms with Gasteiger partial charge in [-0.05, 0) is 66.8 Å². The van der Waals surface area contributed by atoms with Crippen LogP contribution in [0.15, 0.2) is 47.6 Å². The summed E-state index contributed by atoms with van der Waals surface area (Å²) < 4.78 is 0. The summed E-state index contributed by atoms with van der Waals surface area (Å²) in [5.41, 5.74) is 6.51. The zero-order chi connectivity index (χ0) is 22.0. The molecule has 2 aliphatic heterocycles. The van der Waals surface area contributed by atoms with E-state index in [1.807, 2.05) is 37.3 Å². The van der Waals surface area contributed by atoms with E-state index in [4.69, 9.17) is 0 Å². The Balaban J connectivity index is 1.50. The monoisotopic (exact) mass is 421 g/mol. The standard InChI is InChI=1S/C23H27N5O3/c1-3-17-6-4-5-16(2)21(17)24-22(30)28-23(15-20(29)25-28)11-13-27(14-12-23)19-9-7-18(26-31)8-10-19/h4-10H,3,11-15H2,1-2H3,(H,24,30)(H,25,29). The number of rotatable bonds is 4. The fraction of sp³-hybridized carbons (Fsp3) is 0.391. The molecule has 31 heavy (non-hydrogen) atoms. The minimum atomic E-state index is -0.545. The first-order chi connectivity index (χ1) is 15.0. The lowest BCUT2D eigenvalue weighted by Crippen LogP contribution is -2.58. The summed E-state index contributed by atoms with van der Waals surface area (Å²) in [5, 5.41) is 7.49. The first-order valence-corrected chi connectivity index (χ1v) is 10.6. The van der Waals surface area contributed by atoms with Gasteiger partial charge in [-0.2, -0.15) is 0 Å². The molecule has 2 aromatic rings. The van der Waals surface area contributed by atoms with Gasteiger partial charge in [0.2, 0.25) is 5.91 Å². The molecule has 2 heterocycles. The lowest BCUT2D eigenvalue weighted by atomic mass is 9.84. The molecule has 162 valence electrons. The summed E-state index contributed by atoms with van der Waals surface area (Å²) in [6, 6.07) is 12.8. The number of amides is 3. The number of hydrogen-bond acceptors (Lipinski definition) is 5. The van der Waals surface area contributed by atoms with E-state index < -0.39 is 5.54 Å². The van der Waals surface area contributed by atoms with Crippen LogP contribution in [0.25, 0.3) is 0 Å². The molecule has 0 aliphatic carbocycles. The normalized spacial score (nSPS) is 17.5. The van der Waals surface area contributed by atoms with Crippen molar-refractivity contribution in [2.45, 2.75) is 45.1 Å². The third kappa shape index (κ3) is 3.97. The Hall–Kier alpha value is -3.42. The lowest BCUT2D eigenvalue weighted by Gasteiger charge is -2.44. The molecule has 0 saturated carbocycles. The topological polar surface area (TPSA) is 94.1 Å². The van der Waals surface area contributed by atoms with Crippen molar-refractivity contribution in [1.82, 2.24) is 10.4 Å². The summed E-state index contributed by atoms with van der Waals surface area (Å²) in [7, 11) is 0. The van der Waals surface area contributed by atoms with Crippen molar-refractivity contribution in [2.24, 2.45) is 5.18 Å². The first kappa shape index (κ1) is 20.8.